The molecule has 0 saturated carbocycles. The molecule has 1 amide bonds. The molecule has 198 valence electrons. The minimum atomic E-state index is -1.77. The van der Waals surface area contributed by atoms with Crippen molar-refractivity contribution in [2.45, 2.75) is 52.2 Å². The first-order chi connectivity index (χ1) is 17.8. The molecule has 1 aliphatic carbocycles. The Labute approximate surface area is 226 Å². The molecule has 0 spiro atoms. The number of alkyl halides is 1. The van der Waals surface area contributed by atoms with Crippen LogP contribution in [-0.2, 0) is 23.4 Å². The first-order valence-electron chi connectivity index (χ1n) is 13.0. The van der Waals surface area contributed by atoms with Gasteiger partial charge < -0.3 is 4.90 Å². The van der Waals surface area contributed by atoms with Gasteiger partial charge in [-0.3, -0.25) is 14.7 Å². The molecule has 0 aromatic heterocycles. The van der Waals surface area contributed by atoms with E-state index in [1.165, 1.54) is 23.3 Å². The molecule has 0 fully saturated rings. The summed E-state index contributed by atoms with van der Waals surface area (Å²) in [4.78, 5) is 22.6. The summed E-state index contributed by atoms with van der Waals surface area (Å²) < 4.78 is 14.9. The van der Waals surface area contributed by atoms with E-state index in [1.54, 1.807) is 17.0 Å². The third kappa shape index (κ3) is 5.02. The lowest BCUT2D eigenvalue weighted by molar-refractivity contribution is -0.125. The van der Waals surface area contributed by atoms with E-state index >= 15 is 0 Å². The highest BCUT2D eigenvalue weighted by Crippen LogP contribution is 2.39. The van der Waals surface area contributed by atoms with Crippen LogP contribution in [0.15, 0.2) is 96.7 Å². The minimum absolute atomic E-state index is 0. The van der Waals surface area contributed by atoms with Crippen LogP contribution in [-0.4, -0.2) is 34.8 Å². The van der Waals surface area contributed by atoms with Gasteiger partial charge in [0.05, 0.1) is 13.1 Å². The maximum atomic E-state index is 14.9. The molecule has 38 heavy (non-hydrogen) atoms. The van der Waals surface area contributed by atoms with Gasteiger partial charge in [-0.1, -0.05) is 81.3 Å². The van der Waals surface area contributed by atoms with Crippen LogP contribution in [0.25, 0.3) is 5.57 Å². The fraction of sp³-hybridized carbons (Fsp3) is 0.333. The lowest BCUT2D eigenvalue weighted by atomic mass is 9.81. The predicted octanol–water partition coefficient (Wildman–Crippen LogP) is 7.20. The molecule has 2 aliphatic heterocycles. The number of carbonyl (C=O) groups excluding carboxylic acids is 1. The van der Waals surface area contributed by atoms with E-state index in [9.17, 15) is 9.18 Å². The van der Waals surface area contributed by atoms with Gasteiger partial charge in [0.25, 0.3) is 5.91 Å². The predicted molar refractivity (Wildman–Crippen MR) is 155 cm³/mol. The van der Waals surface area contributed by atoms with Crippen molar-refractivity contribution in [3.8, 4) is 0 Å². The summed E-state index contributed by atoms with van der Waals surface area (Å²) in [6.45, 7) is 15.2. The van der Waals surface area contributed by atoms with E-state index in [0.717, 1.165) is 60.6 Å². The molecule has 5 heteroatoms. The summed E-state index contributed by atoms with van der Waals surface area (Å²) in [5.41, 5.74) is 5.23. The largest absolute Gasteiger partial charge is 0.314 e. The van der Waals surface area contributed by atoms with E-state index in [-0.39, 0.29) is 13.3 Å². The maximum absolute atomic E-state index is 14.9. The van der Waals surface area contributed by atoms with Crippen LogP contribution >= 0.6 is 0 Å². The van der Waals surface area contributed by atoms with Gasteiger partial charge in [-0.15, -0.1) is 0 Å². The minimum Gasteiger partial charge on any atom is -0.314 e. The molecule has 3 aliphatic rings. The van der Waals surface area contributed by atoms with E-state index in [4.69, 9.17) is 4.99 Å². The van der Waals surface area contributed by atoms with Crippen molar-refractivity contribution in [1.82, 2.24) is 9.80 Å². The highest BCUT2D eigenvalue weighted by Gasteiger charge is 2.41. The zero-order chi connectivity index (χ0) is 26.2. The smallest absolute Gasteiger partial charge is 0.258 e. The first-order valence-corrected chi connectivity index (χ1v) is 13.0. The molecule has 2 heterocycles. The second kappa shape index (κ2) is 10.9. The van der Waals surface area contributed by atoms with Crippen LogP contribution in [0.1, 0.15) is 55.9 Å². The fourth-order valence-corrected chi connectivity index (χ4v) is 5.67. The van der Waals surface area contributed by atoms with Crippen LogP contribution in [0, 0.1) is 5.92 Å². The number of carbonyl (C=O) groups is 1. The van der Waals surface area contributed by atoms with Crippen molar-refractivity contribution in [3.63, 3.8) is 0 Å². The zero-order valence-electron chi connectivity index (χ0n) is 21.5. The van der Waals surface area contributed by atoms with Gasteiger partial charge in [-0.25, -0.2) is 4.39 Å². The van der Waals surface area contributed by atoms with Crippen molar-refractivity contribution in [3.05, 3.63) is 114 Å². The normalized spacial score (nSPS) is 18.8. The molecule has 2 aromatic carbocycles. The summed E-state index contributed by atoms with van der Waals surface area (Å²) in [7, 11) is 0. The number of benzene rings is 2. The van der Waals surface area contributed by atoms with Gasteiger partial charge in [0, 0.05) is 17.8 Å². The Hall–Kier alpha value is -3.73. The highest BCUT2D eigenvalue weighted by molar-refractivity contribution is 6.09. The second-order valence-corrected chi connectivity index (χ2v) is 10.3. The number of rotatable bonds is 8. The molecule has 1 atom stereocenters. The molecule has 4 nitrogen and oxygen atoms in total. The van der Waals surface area contributed by atoms with Gasteiger partial charge >= 0.3 is 0 Å². The molecule has 2 aromatic rings. The number of hydrogen-bond donors (Lipinski definition) is 0. The highest BCUT2D eigenvalue weighted by atomic mass is 19.1. The number of fused-ring (bicyclic) bond motifs is 2. The number of guanidine groups is 1. The van der Waals surface area contributed by atoms with Gasteiger partial charge in [0.1, 0.15) is 0 Å². The maximum Gasteiger partial charge on any atom is 0.258 e. The molecule has 0 bridgehead atoms. The third-order valence-corrected chi connectivity index (χ3v) is 7.79. The number of allylic oxidation sites excluding steroid dienone is 4. The van der Waals surface area contributed by atoms with E-state index in [1.807, 2.05) is 19.1 Å². The van der Waals surface area contributed by atoms with Crippen molar-refractivity contribution < 1.29 is 9.18 Å². The lowest BCUT2D eigenvalue weighted by Crippen LogP contribution is -2.51. The molecule has 0 saturated heterocycles. The van der Waals surface area contributed by atoms with Crippen LogP contribution in [0.4, 0.5) is 4.39 Å². The molecular weight excluding hydrogens is 473 g/mol. The van der Waals surface area contributed by atoms with E-state index in [2.05, 4.69) is 48.9 Å². The molecular formula is C33H38FN3O. The average Bonchev–Trinajstić information content (AvgIpc) is 3.41. The molecule has 5 rings (SSSR count). The van der Waals surface area contributed by atoms with Gasteiger partial charge in [0.15, 0.2) is 5.67 Å². The van der Waals surface area contributed by atoms with Gasteiger partial charge in [-0.05, 0) is 72.9 Å². The van der Waals surface area contributed by atoms with Crippen molar-refractivity contribution in [2.24, 2.45) is 10.9 Å². The number of amides is 1. The van der Waals surface area contributed by atoms with Crippen LogP contribution < -0.4 is 0 Å². The Bertz CT molecular complexity index is 1310. The molecule has 0 N–H and O–H groups in total. The summed E-state index contributed by atoms with van der Waals surface area (Å²) in [6.07, 6.45) is 6.17. The topological polar surface area (TPSA) is 35.9 Å². The van der Waals surface area contributed by atoms with Crippen LogP contribution in [0.2, 0.25) is 0 Å². The number of hydrogen-bond acceptors (Lipinski definition) is 3. The van der Waals surface area contributed by atoms with Gasteiger partial charge in [0.2, 0.25) is 5.96 Å². The number of nitrogens with zero attached hydrogens (tertiary/aromatic N) is 3. The summed E-state index contributed by atoms with van der Waals surface area (Å²) in [5, 5.41) is 0. The number of halogens is 1. The Kier molecular flexibility index (Phi) is 7.86. The van der Waals surface area contributed by atoms with Gasteiger partial charge in [-0.2, -0.15) is 0 Å². The number of aliphatic imine (C=N–C) groups is 1. The van der Waals surface area contributed by atoms with Crippen molar-refractivity contribution >= 4 is 17.4 Å². The SMILES string of the molecule is C.C=CC(F)(C=C)c1ccc(CN2C(=O)C3=C(CCC(Cc4cccc(C(=C)C)c4)C3)N3CCN=C23)cc1. The fourth-order valence-electron chi connectivity index (χ4n) is 5.67. The van der Waals surface area contributed by atoms with E-state index in [0.29, 0.717) is 24.6 Å². The van der Waals surface area contributed by atoms with Crippen molar-refractivity contribution in [1.29, 1.82) is 0 Å². The van der Waals surface area contributed by atoms with Crippen LogP contribution in [0.3, 0.4) is 0 Å². The van der Waals surface area contributed by atoms with Crippen molar-refractivity contribution in [2.75, 3.05) is 13.1 Å². The lowest BCUT2D eigenvalue weighted by Gasteiger charge is -2.41. The zero-order valence-corrected chi connectivity index (χ0v) is 21.5. The summed E-state index contributed by atoms with van der Waals surface area (Å²) in [5.74, 6) is 1.21. The Morgan fingerprint density at radius 2 is 1.89 bits per heavy atom. The monoisotopic (exact) mass is 511 g/mol. The van der Waals surface area contributed by atoms with Crippen LogP contribution in [0.5, 0.6) is 0 Å². The Morgan fingerprint density at radius 1 is 1.16 bits per heavy atom. The standard InChI is InChI=1S/C32H34FN3O.CH4/c1-5-32(33,6-2)27-13-10-23(11-14-27)21-36-30(37)28-20-25(12-15-29(28)35-17-16-34-31(35)36)18-24-8-7-9-26(19-24)22(3)4;/h5-11,13-14,19,25H,1-3,12,15-18,20-21H2,4H3;1H4. The Morgan fingerprint density at radius 3 is 2.58 bits per heavy atom. The molecule has 1 unspecified atom stereocenters. The second-order valence-electron chi connectivity index (χ2n) is 10.3. The molecule has 0 radical (unpaired) electrons. The summed E-state index contributed by atoms with van der Waals surface area (Å²) in [6, 6.07) is 15.8. The third-order valence-electron chi connectivity index (χ3n) is 7.79. The van der Waals surface area contributed by atoms with E-state index < -0.39 is 5.67 Å². The Balaban J connectivity index is 0.00000336. The average molecular weight is 512 g/mol. The summed E-state index contributed by atoms with van der Waals surface area (Å²) >= 11 is 0. The quantitative estimate of drug-likeness (QED) is 0.351. The first kappa shape index (κ1) is 27.3.